The molecule has 0 aliphatic carbocycles. The molecule has 0 amide bonds. The average Bonchev–Trinajstić information content (AvgIpc) is 3.38. The third-order valence-electron chi connectivity index (χ3n) is 6.18. The normalized spacial score (nSPS) is 14.1. The average molecular weight is 449 g/mol. The molecule has 0 radical (unpaired) electrons. The summed E-state index contributed by atoms with van der Waals surface area (Å²) < 4.78 is 8.13. The molecular weight excluding hydrogens is 426 g/mol. The van der Waals surface area contributed by atoms with Gasteiger partial charge in [0.2, 0.25) is 5.52 Å². The van der Waals surface area contributed by atoms with Gasteiger partial charge in [-0.2, -0.15) is 0 Å². The second-order valence-corrected chi connectivity index (χ2v) is 8.12. The molecule has 11 nitrogen and oxygen atoms in total. The number of hydrogen-bond donors (Lipinski definition) is 1. The Hall–Kier alpha value is -4.15. The first-order valence-corrected chi connectivity index (χ1v) is 10.8. The van der Waals surface area contributed by atoms with Crippen molar-refractivity contribution in [2.45, 2.75) is 26.2 Å². The van der Waals surface area contributed by atoms with Crippen molar-refractivity contribution in [1.82, 2.24) is 19.7 Å². The van der Waals surface area contributed by atoms with Gasteiger partial charge in [-0.05, 0) is 54.7 Å². The van der Waals surface area contributed by atoms with Crippen LogP contribution in [-0.4, -0.2) is 37.7 Å². The number of fused-ring (bicyclic) bond motifs is 1. The van der Waals surface area contributed by atoms with Gasteiger partial charge in [-0.25, -0.2) is 9.31 Å². The van der Waals surface area contributed by atoms with Crippen molar-refractivity contribution in [3.63, 3.8) is 0 Å². The monoisotopic (exact) mass is 449 g/mol. The largest absolute Gasteiger partial charge is 0.370 e. The summed E-state index contributed by atoms with van der Waals surface area (Å²) in [4.78, 5) is 27.0. The van der Waals surface area contributed by atoms with Gasteiger partial charge in [0.1, 0.15) is 11.4 Å². The standard InChI is InChI=1S/C22H23N7O4/c1-14-18(22(30)28(26(14)2)15-9-5-3-6-10-15)23-16-13-17(27-11-7-4-8-12-27)19-20(25-33-24-19)21(16)29(31)32/h3,5-6,9-10,13,23H,4,7-8,11-12H2,1-2H3. The van der Waals surface area contributed by atoms with Gasteiger partial charge < -0.3 is 10.2 Å². The second-order valence-electron chi connectivity index (χ2n) is 8.12. The number of nitro groups is 1. The number of rotatable bonds is 5. The van der Waals surface area contributed by atoms with E-state index in [1.54, 1.807) is 24.7 Å². The van der Waals surface area contributed by atoms with Crippen molar-refractivity contribution in [2.75, 3.05) is 23.3 Å². The maximum atomic E-state index is 13.3. The van der Waals surface area contributed by atoms with Crippen molar-refractivity contribution in [1.29, 1.82) is 0 Å². The highest BCUT2D eigenvalue weighted by Crippen LogP contribution is 2.40. The van der Waals surface area contributed by atoms with E-state index in [0.717, 1.165) is 32.4 Å². The van der Waals surface area contributed by atoms with Gasteiger partial charge in [-0.15, -0.1) is 0 Å². The summed E-state index contributed by atoms with van der Waals surface area (Å²) in [5.74, 6) is 0. The summed E-state index contributed by atoms with van der Waals surface area (Å²) in [5, 5.41) is 22.9. The van der Waals surface area contributed by atoms with Crippen LogP contribution in [0, 0.1) is 17.0 Å². The fraction of sp³-hybridized carbons (Fsp3) is 0.318. The number of nitro benzene ring substituents is 1. The highest BCUT2D eigenvalue weighted by atomic mass is 16.6. The lowest BCUT2D eigenvalue weighted by Gasteiger charge is -2.29. The molecule has 1 saturated heterocycles. The molecule has 0 bridgehead atoms. The van der Waals surface area contributed by atoms with E-state index in [1.165, 1.54) is 4.68 Å². The van der Waals surface area contributed by atoms with Crippen LogP contribution in [0.15, 0.2) is 45.8 Å². The Balaban J connectivity index is 1.68. The van der Waals surface area contributed by atoms with Crippen LogP contribution in [0.3, 0.4) is 0 Å². The van der Waals surface area contributed by atoms with Crippen LogP contribution in [0.5, 0.6) is 0 Å². The number of piperidine rings is 1. The minimum Gasteiger partial charge on any atom is -0.370 e. The SMILES string of the molecule is Cc1c(Nc2cc(N3CCCCC3)c3nonc3c2[N+](=O)[O-])c(=O)n(-c2ccccc2)n1C. The summed E-state index contributed by atoms with van der Waals surface area (Å²) in [5.41, 5.74) is 2.28. The Morgan fingerprint density at radius 1 is 1.09 bits per heavy atom. The zero-order chi connectivity index (χ0) is 23.1. The molecule has 1 fully saturated rings. The van der Waals surface area contributed by atoms with E-state index in [1.807, 2.05) is 30.3 Å². The molecular formula is C22H23N7O4. The van der Waals surface area contributed by atoms with Gasteiger partial charge in [-0.3, -0.25) is 19.6 Å². The fourth-order valence-electron chi connectivity index (χ4n) is 4.42. The molecule has 0 spiro atoms. The summed E-state index contributed by atoms with van der Waals surface area (Å²) in [6, 6.07) is 10.9. The molecule has 170 valence electrons. The van der Waals surface area contributed by atoms with Crippen LogP contribution in [0.2, 0.25) is 0 Å². The number of benzene rings is 2. The molecule has 1 aliphatic heterocycles. The maximum Gasteiger partial charge on any atom is 0.324 e. The van der Waals surface area contributed by atoms with Gasteiger partial charge in [0, 0.05) is 20.1 Å². The van der Waals surface area contributed by atoms with Crippen molar-refractivity contribution in [2.24, 2.45) is 7.05 Å². The minimum atomic E-state index is -0.525. The number of nitrogens with one attached hydrogen (secondary N) is 1. The molecule has 3 heterocycles. The molecule has 1 N–H and O–H groups in total. The molecule has 1 aliphatic rings. The van der Waals surface area contributed by atoms with Crippen molar-refractivity contribution < 1.29 is 9.55 Å². The number of nitrogens with zero attached hydrogens (tertiary/aromatic N) is 6. The summed E-state index contributed by atoms with van der Waals surface area (Å²) in [7, 11) is 1.77. The lowest BCUT2D eigenvalue weighted by atomic mass is 10.1. The zero-order valence-electron chi connectivity index (χ0n) is 18.3. The molecule has 0 saturated carbocycles. The second kappa shape index (κ2) is 8.08. The highest BCUT2D eigenvalue weighted by Gasteiger charge is 2.30. The maximum absolute atomic E-state index is 13.3. The zero-order valence-corrected chi connectivity index (χ0v) is 18.3. The molecule has 2 aromatic heterocycles. The van der Waals surface area contributed by atoms with E-state index in [4.69, 9.17) is 4.63 Å². The van der Waals surface area contributed by atoms with Crippen LogP contribution in [0.25, 0.3) is 16.7 Å². The molecule has 0 atom stereocenters. The molecule has 11 heteroatoms. The minimum absolute atomic E-state index is 0.0579. The molecule has 5 rings (SSSR count). The van der Waals surface area contributed by atoms with E-state index >= 15 is 0 Å². The first-order chi connectivity index (χ1) is 16.0. The fourth-order valence-corrected chi connectivity index (χ4v) is 4.42. The predicted octanol–water partition coefficient (Wildman–Crippen LogP) is 3.66. The molecule has 2 aromatic carbocycles. The smallest absolute Gasteiger partial charge is 0.324 e. The van der Waals surface area contributed by atoms with Crippen molar-refractivity contribution in [3.8, 4) is 5.69 Å². The predicted molar refractivity (Wildman–Crippen MR) is 124 cm³/mol. The van der Waals surface area contributed by atoms with Gasteiger partial charge >= 0.3 is 5.69 Å². The number of aromatic nitrogens is 4. The first kappa shape index (κ1) is 20.7. The number of para-hydroxylation sites is 1. The van der Waals surface area contributed by atoms with Crippen LogP contribution >= 0.6 is 0 Å². The highest BCUT2D eigenvalue weighted by molar-refractivity contribution is 6.00. The van der Waals surface area contributed by atoms with Crippen molar-refractivity contribution >= 4 is 33.8 Å². The Labute approximate surface area is 188 Å². The van der Waals surface area contributed by atoms with E-state index < -0.39 is 4.92 Å². The van der Waals surface area contributed by atoms with E-state index in [0.29, 0.717) is 22.6 Å². The third-order valence-corrected chi connectivity index (χ3v) is 6.18. The Morgan fingerprint density at radius 3 is 2.48 bits per heavy atom. The van der Waals surface area contributed by atoms with Crippen LogP contribution in [0.1, 0.15) is 25.0 Å². The summed E-state index contributed by atoms with van der Waals surface area (Å²) in [6.45, 7) is 3.41. The molecule has 4 aromatic rings. The van der Waals surface area contributed by atoms with Crippen LogP contribution in [0.4, 0.5) is 22.7 Å². The first-order valence-electron chi connectivity index (χ1n) is 10.8. The van der Waals surface area contributed by atoms with Crippen molar-refractivity contribution in [3.05, 3.63) is 62.6 Å². The Kier molecular flexibility index (Phi) is 5.08. The molecule has 0 unspecified atom stereocenters. The van der Waals surface area contributed by atoms with E-state index in [9.17, 15) is 14.9 Å². The Bertz CT molecular complexity index is 1400. The van der Waals surface area contributed by atoms with Gasteiger partial charge in [0.15, 0.2) is 5.52 Å². The van der Waals surface area contributed by atoms with Crippen LogP contribution < -0.4 is 15.8 Å². The topological polar surface area (TPSA) is 124 Å². The third kappa shape index (κ3) is 3.41. The van der Waals surface area contributed by atoms with Gasteiger partial charge in [0.05, 0.1) is 22.0 Å². The Morgan fingerprint density at radius 2 is 1.79 bits per heavy atom. The van der Waals surface area contributed by atoms with E-state index in [2.05, 4.69) is 20.5 Å². The van der Waals surface area contributed by atoms with E-state index in [-0.39, 0.29) is 28.1 Å². The van der Waals surface area contributed by atoms with Gasteiger partial charge in [-0.1, -0.05) is 18.2 Å². The molecule has 33 heavy (non-hydrogen) atoms. The van der Waals surface area contributed by atoms with Crippen LogP contribution in [-0.2, 0) is 7.05 Å². The lowest BCUT2D eigenvalue weighted by molar-refractivity contribution is -0.382. The number of hydrogen-bond acceptors (Lipinski definition) is 8. The summed E-state index contributed by atoms with van der Waals surface area (Å²) in [6.07, 6.45) is 3.18. The van der Waals surface area contributed by atoms with Gasteiger partial charge in [0.25, 0.3) is 5.56 Å². The summed E-state index contributed by atoms with van der Waals surface area (Å²) >= 11 is 0. The number of anilines is 3. The lowest BCUT2D eigenvalue weighted by Crippen LogP contribution is -2.29. The quantitative estimate of drug-likeness (QED) is 0.362.